The normalized spacial score (nSPS) is 11.9. The molecule has 15 heavy (non-hydrogen) atoms. The third-order valence-corrected chi connectivity index (χ3v) is 1.99. The Morgan fingerprint density at radius 1 is 1.20 bits per heavy atom. The molecule has 0 rings (SSSR count). The lowest BCUT2D eigenvalue weighted by Gasteiger charge is -2.11. The quantitative estimate of drug-likeness (QED) is 0.389. The van der Waals surface area contributed by atoms with Crippen LogP contribution in [0.3, 0.4) is 0 Å². The highest BCUT2D eigenvalue weighted by Crippen LogP contribution is 2.08. The first-order chi connectivity index (χ1) is 7.06. The number of rotatable bonds is 6. The van der Waals surface area contributed by atoms with Crippen molar-refractivity contribution >= 4 is 12.1 Å². The summed E-state index contributed by atoms with van der Waals surface area (Å²) in [5, 5.41) is 0. The summed E-state index contributed by atoms with van der Waals surface area (Å²) in [5.41, 5.74) is 0. The van der Waals surface area contributed by atoms with Crippen molar-refractivity contribution in [3.05, 3.63) is 0 Å². The van der Waals surface area contributed by atoms with Crippen LogP contribution in [0.1, 0.15) is 52.9 Å². The Morgan fingerprint density at radius 3 is 2.40 bits per heavy atom. The van der Waals surface area contributed by atoms with Crippen LogP contribution in [-0.4, -0.2) is 18.2 Å². The summed E-state index contributed by atoms with van der Waals surface area (Å²) in [6.45, 7) is 5.12. The predicted octanol–water partition coefficient (Wildman–Crippen LogP) is 3.05. The number of carbonyl (C=O) groups excluding carboxylic acids is 2. The molecule has 4 nitrogen and oxygen atoms in total. The van der Waals surface area contributed by atoms with E-state index < -0.39 is 12.1 Å². The molecule has 88 valence electrons. The van der Waals surface area contributed by atoms with Gasteiger partial charge >= 0.3 is 12.1 Å². The second-order valence-electron chi connectivity index (χ2n) is 3.62. The van der Waals surface area contributed by atoms with Gasteiger partial charge in [0, 0.05) is 6.92 Å². The maximum Gasteiger partial charge on any atom is 0.516 e. The minimum atomic E-state index is -0.898. The summed E-state index contributed by atoms with van der Waals surface area (Å²) in [5.74, 6) is -0.641. The van der Waals surface area contributed by atoms with Gasteiger partial charge < -0.3 is 9.47 Å². The number of carbonyl (C=O) groups is 2. The van der Waals surface area contributed by atoms with Gasteiger partial charge in [-0.05, 0) is 19.8 Å². The van der Waals surface area contributed by atoms with Gasteiger partial charge in [-0.3, -0.25) is 4.79 Å². The molecule has 0 amide bonds. The van der Waals surface area contributed by atoms with Crippen LogP contribution in [0.4, 0.5) is 4.79 Å². The number of unbranched alkanes of at least 4 members (excludes halogenated alkanes) is 3. The average molecular weight is 216 g/mol. The van der Waals surface area contributed by atoms with E-state index in [9.17, 15) is 9.59 Å². The zero-order chi connectivity index (χ0) is 11.7. The summed E-state index contributed by atoms with van der Waals surface area (Å²) in [6, 6.07) is 0. The van der Waals surface area contributed by atoms with Crippen LogP contribution in [0.2, 0.25) is 0 Å². The predicted molar refractivity (Wildman–Crippen MR) is 56.5 cm³/mol. The molecule has 0 saturated heterocycles. The van der Waals surface area contributed by atoms with Crippen LogP contribution in [0.15, 0.2) is 0 Å². The molecule has 0 aliphatic carbocycles. The fourth-order valence-electron chi connectivity index (χ4n) is 1.22. The molecule has 0 spiro atoms. The van der Waals surface area contributed by atoms with Gasteiger partial charge in [0.15, 0.2) is 0 Å². The summed E-state index contributed by atoms with van der Waals surface area (Å²) in [7, 11) is 0. The van der Waals surface area contributed by atoms with Crippen molar-refractivity contribution in [2.75, 3.05) is 0 Å². The van der Waals surface area contributed by atoms with Crippen molar-refractivity contribution in [2.45, 2.75) is 59.0 Å². The Bertz CT molecular complexity index is 201. The highest BCUT2D eigenvalue weighted by Gasteiger charge is 2.12. The van der Waals surface area contributed by atoms with Crippen molar-refractivity contribution in [1.29, 1.82) is 0 Å². The lowest BCUT2D eigenvalue weighted by Crippen LogP contribution is -2.17. The second-order valence-corrected chi connectivity index (χ2v) is 3.62. The number of ether oxygens (including phenoxy) is 2. The first kappa shape index (κ1) is 13.9. The van der Waals surface area contributed by atoms with Gasteiger partial charge in [0.2, 0.25) is 0 Å². The SMILES string of the molecule is CCCCCCC(C)OC(=O)OC(C)=O. The maximum atomic E-state index is 10.9. The molecule has 1 unspecified atom stereocenters. The molecule has 0 aromatic carbocycles. The fourth-order valence-corrected chi connectivity index (χ4v) is 1.22. The molecule has 0 aliphatic rings. The monoisotopic (exact) mass is 216 g/mol. The van der Waals surface area contributed by atoms with Crippen molar-refractivity contribution in [3.8, 4) is 0 Å². The summed E-state index contributed by atoms with van der Waals surface area (Å²) in [4.78, 5) is 21.3. The molecule has 0 N–H and O–H groups in total. The second kappa shape index (κ2) is 8.26. The van der Waals surface area contributed by atoms with Crippen molar-refractivity contribution in [2.24, 2.45) is 0 Å². The van der Waals surface area contributed by atoms with Crippen LogP contribution in [0, 0.1) is 0 Å². The third-order valence-electron chi connectivity index (χ3n) is 1.99. The Labute approximate surface area is 90.9 Å². The van der Waals surface area contributed by atoms with Crippen molar-refractivity contribution in [1.82, 2.24) is 0 Å². The molecule has 1 atom stereocenters. The summed E-state index contributed by atoms with van der Waals surface area (Å²) >= 11 is 0. The molecule has 0 aromatic rings. The van der Waals surface area contributed by atoms with E-state index in [1.807, 2.05) is 0 Å². The minimum absolute atomic E-state index is 0.186. The lowest BCUT2D eigenvalue weighted by molar-refractivity contribution is -0.137. The molecule has 0 bridgehead atoms. The van der Waals surface area contributed by atoms with E-state index in [4.69, 9.17) is 4.74 Å². The molecular formula is C11H20O4. The van der Waals surface area contributed by atoms with Crippen LogP contribution in [0.25, 0.3) is 0 Å². The standard InChI is InChI=1S/C11H20O4/c1-4-5-6-7-8-9(2)14-11(13)15-10(3)12/h9H,4-8H2,1-3H3. The molecule has 4 heteroatoms. The first-order valence-electron chi connectivity index (χ1n) is 5.45. The van der Waals surface area contributed by atoms with E-state index in [-0.39, 0.29) is 6.10 Å². The highest BCUT2D eigenvalue weighted by molar-refractivity contribution is 5.79. The minimum Gasteiger partial charge on any atom is -0.431 e. The molecule has 0 aliphatic heterocycles. The molecule has 0 fully saturated rings. The van der Waals surface area contributed by atoms with Crippen molar-refractivity contribution in [3.63, 3.8) is 0 Å². The third kappa shape index (κ3) is 9.25. The Morgan fingerprint density at radius 2 is 1.87 bits per heavy atom. The fraction of sp³-hybridized carbons (Fsp3) is 0.818. The Kier molecular flexibility index (Phi) is 7.68. The lowest BCUT2D eigenvalue weighted by atomic mass is 10.1. The van der Waals surface area contributed by atoms with E-state index in [1.54, 1.807) is 6.92 Å². The van der Waals surface area contributed by atoms with E-state index in [0.717, 1.165) is 19.3 Å². The summed E-state index contributed by atoms with van der Waals surface area (Å²) in [6.07, 6.45) is 4.28. The zero-order valence-corrected chi connectivity index (χ0v) is 9.75. The average Bonchev–Trinajstić information content (AvgIpc) is 2.10. The molecular weight excluding hydrogens is 196 g/mol. The molecule has 0 aromatic heterocycles. The van der Waals surface area contributed by atoms with Crippen molar-refractivity contribution < 1.29 is 19.1 Å². The molecule has 0 saturated carbocycles. The van der Waals surface area contributed by atoms with Gasteiger partial charge in [0.05, 0.1) is 0 Å². The summed E-state index contributed by atoms with van der Waals surface area (Å²) < 4.78 is 9.11. The van der Waals surface area contributed by atoms with Gasteiger partial charge in [-0.15, -0.1) is 0 Å². The van der Waals surface area contributed by atoms with Crippen LogP contribution >= 0.6 is 0 Å². The van der Waals surface area contributed by atoms with Crippen LogP contribution in [-0.2, 0) is 14.3 Å². The molecule has 0 heterocycles. The van der Waals surface area contributed by atoms with E-state index >= 15 is 0 Å². The van der Waals surface area contributed by atoms with E-state index in [1.165, 1.54) is 19.8 Å². The largest absolute Gasteiger partial charge is 0.516 e. The zero-order valence-electron chi connectivity index (χ0n) is 9.75. The smallest absolute Gasteiger partial charge is 0.431 e. The molecule has 0 radical (unpaired) electrons. The van der Waals surface area contributed by atoms with Gasteiger partial charge in [-0.2, -0.15) is 0 Å². The number of esters is 1. The topological polar surface area (TPSA) is 52.6 Å². The van der Waals surface area contributed by atoms with Crippen LogP contribution in [0.5, 0.6) is 0 Å². The van der Waals surface area contributed by atoms with E-state index in [0.29, 0.717) is 0 Å². The van der Waals surface area contributed by atoms with Gasteiger partial charge in [0.25, 0.3) is 0 Å². The first-order valence-corrected chi connectivity index (χ1v) is 5.45. The van der Waals surface area contributed by atoms with Gasteiger partial charge in [-0.25, -0.2) is 4.79 Å². The number of hydrogen-bond donors (Lipinski definition) is 0. The Balaban J connectivity index is 3.51. The maximum absolute atomic E-state index is 10.9. The number of hydrogen-bond acceptors (Lipinski definition) is 4. The van der Waals surface area contributed by atoms with Gasteiger partial charge in [-0.1, -0.05) is 26.2 Å². The van der Waals surface area contributed by atoms with E-state index in [2.05, 4.69) is 11.7 Å². The Hall–Kier alpha value is -1.06. The van der Waals surface area contributed by atoms with Gasteiger partial charge in [0.1, 0.15) is 6.10 Å². The highest BCUT2D eigenvalue weighted by atomic mass is 16.7. The van der Waals surface area contributed by atoms with Crippen LogP contribution < -0.4 is 0 Å².